The predicted molar refractivity (Wildman–Crippen MR) is 51.5 cm³/mol. The second kappa shape index (κ2) is 3.76. The van der Waals surface area contributed by atoms with Crippen LogP contribution in [-0.4, -0.2) is 22.5 Å². The molecule has 0 aliphatic heterocycles. The summed E-state index contributed by atoms with van der Waals surface area (Å²) in [6.45, 7) is 0. The Morgan fingerprint density at radius 3 is 2.76 bits per heavy atom. The van der Waals surface area contributed by atoms with E-state index < -0.39 is 17.7 Å². The quantitative estimate of drug-likeness (QED) is 0.722. The summed E-state index contributed by atoms with van der Waals surface area (Å²) in [6.07, 6.45) is -2.14. The number of methoxy groups -OCH3 is 1. The van der Waals surface area contributed by atoms with Crippen molar-refractivity contribution in [3.63, 3.8) is 0 Å². The number of fused-ring (bicyclic) bond motifs is 1. The van der Waals surface area contributed by atoms with Gasteiger partial charge in [0.15, 0.2) is 5.69 Å². The second-order valence-electron chi connectivity index (χ2n) is 3.25. The van der Waals surface area contributed by atoms with Crippen LogP contribution in [0.3, 0.4) is 0 Å². The zero-order valence-electron chi connectivity index (χ0n) is 8.65. The molecule has 0 unspecified atom stereocenters. The van der Waals surface area contributed by atoms with Crippen molar-refractivity contribution in [2.24, 2.45) is 0 Å². The molecule has 0 fully saturated rings. The first-order valence-corrected chi connectivity index (χ1v) is 4.56. The van der Waals surface area contributed by atoms with Gasteiger partial charge in [0.05, 0.1) is 18.9 Å². The molecule has 0 aliphatic carbocycles. The predicted octanol–water partition coefficient (Wildman–Crippen LogP) is 2.14. The molecule has 0 spiro atoms. The van der Waals surface area contributed by atoms with Crippen LogP contribution in [0.2, 0.25) is 0 Å². The van der Waals surface area contributed by atoms with E-state index in [2.05, 4.69) is 9.72 Å². The van der Waals surface area contributed by atoms with E-state index in [-0.39, 0.29) is 11.3 Å². The molecule has 0 bridgehead atoms. The molecule has 17 heavy (non-hydrogen) atoms. The van der Waals surface area contributed by atoms with Gasteiger partial charge in [-0.05, 0) is 12.1 Å². The fourth-order valence-electron chi connectivity index (χ4n) is 1.49. The smallest absolute Gasteiger partial charge is 0.419 e. The third kappa shape index (κ3) is 1.83. The summed E-state index contributed by atoms with van der Waals surface area (Å²) >= 11 is 0. The number of aromatic nitrogens is 2. The summed E-state index contributed by atoms with van der Waals surface area (Å²) in [5, 5.41) is 0. The van der Waals surface area contributed by atoms with E-state index in [4.69, 9.17) is 0 Å². The molecule has 0 saturated heterocycles. The minimum Gasteiger partial charge on any atom is -0.464 e. The normalized spacial score (nSPS) is 11.8. The van der Waals surface area contributed by atoms with Gasteiger partial charge in [-0.15, -0.1) is 0 Å². The van der Waals surface area contributed by atoms with Gasteiger partial charge in [-0.1, -0.05) is 0 Å². The summed E-state index contributed by atoms with van der Waals surface area (Å²) in [6, 6.07) is 2.10. The molecule has 0 aliphatic rings. The monoisotopic (exact) mass is 244 g/mol. The summed E-state index contributed by atoms with van der Waals surface area (Å²) in [5.41, 5.74) is -1.26. The number of imidazole rings is 1. The van der Waals surface area contributed by atoms with Crippen molar-refractivity contribution in [1.82, 2.24) is 9.38 Å². The van der Waals surface area contributed by atoms with Crippen molar-refractivity contribution in [2.45, 2.75) is 6.18 Å². The first kappa shape index (κ1) is 11.4. The number of alkyl halides is 3. The fourth-order valence-corrected chi connectivity index (χ4v) is 1.49. The lowest BCUT2D eigenvalue weighted by atomic mass is 10.2. The highest BCUT2D eigenvalue weighted by Gasteiger charge is 2.34. The lowest BCUT2D eigenvalue weighted by Crippen LogP contribution is -2.10. The van der Waals surface area contributed by atoms with Crippen LogP contribution in [0.25, 0.3) is 5.65 Å². The number of nitrogens with zero attached hydrogens (tertiary/aromatic N) is 2. The van der Waals surface area contributed by atoms with Crippen LogP contribution < -0.4 is 0 Å². The Bertz CT molecular complexity index is 574. The maximum atomic E-state index is 12.6. The van der Waals surface area contributed by atoms with Gasteiger partial charge in [-0.3, -0.25) is 4.40 Å². The minimum absolute atomic E-state index is 0.0476. The third-order valence-electron chi connectivity index (χ3n) is 2.24. The first-order chi connectivity index (χ1) is 7.95. The van der Waals surface area contributed by atoms with Crippen molar-refractivity contribution < 1.29 is 22.7 Å². The Balaban J connectivity index is 2.69. The number of carbonyl (C=O) groups is 1. The lowest BCUT2D eigenvalue weighted by molar-refractivity contribution is -0.136. The van der Waals surface area contributed by atoms with Gasteiger partial charge < -0.3 is 4.74 Å². The van der Waals surface area contributed by atoms with Gasteiger partial charge in [-0.2, -0.15) is 13.2 Å². The van der Waals surface area contributed by atoms with E-state index in [1.165, 1.54) is 12.3 Å². The summed E-state index contributed by atoms with van der Waals surface area (Å²) in [4.78, 5) is 14.9. The molecule has 0 atom stereocenters. The van der Waals surface area contributed by atoms with Gasteiger partial charge in [0, 0.05) is 6.20 Å². The van der Waals surface area contributed by atoms with Crippen molar-refractivity contribution >= 4 is 11.6 Å². The Morgan fingerprint density at radius 2 is 2.18 bits per heavy atom. The summed E-state index contributed by atoms with van der Waals surface area (Å²) in [7, 11) is 1.15. The molecule has 4 nitrogen and oxygen atoms in total. The molecule has 7 heteroatoms. The molecule has 0 radical (unpaired) electrons. The molecule has 90 valence electrons. The van der Waals surface area contributed by atoms with Crippen LogP contribution in [0.5, 0.6) is 0 Å². The summed E-state index contributed by atoms with van der Waals surface area (Å²) in [5.74, 6) is -0.739. The van der Waals surface area contributed by atoms with Gasteiger partial charge in [0.1, 0.15) is 5.65 Å². The van der Waals surface area contributed by atoms with E-state index in [1.54, 1.807) is 0 Å². The van der Waals surface area contributed by atoms with Gasteiger partial charge in [0.2, 0.25) is 0 Å². The van der Waals surface area contributed by atoms with Crippen molar-refractivity contribution in [3.05, 3.63) is 35.8 Å². The van der Waals surface area contributed by atoms with Crippen LogP contribution in [0.4, 0.5) is 13.2 Å². The van der Waals surface area contributed by atoms with Gasteiger partial charge >= 0.3 is 12.1 Å². The van der Waals surface area contributed by atoms with E-state index in [0.29, 0.717) is 0 Å². The van der Waals surface area contributed by atoms with E-state index in [0.717, 1.165) is 23.8 Å². The number of hydrogen-bond donors (Lipinski definition) is 0. The van der Waals surface area contributed by atoms with Crippen LogP contribution >= 0.6 is 0 Å². The Labute approximate surface area is 93.6 Å². The topological polar surface area (TPSA) is 43.6 Å². The molecule has 0 N–H and O–H groups in total. The average molecular weight is 244 g/mol. The Kier molecular flexibility index (Phi) is 2.53. The number of esters is 1. The van der Waals surface area contributed by atoms with E-state index in [9.17, 15) is 18.0 Å². The maximum absolute atomic E-state index is 12.6. The molecule has 2 aromatic rings. The van der Waals surface area contributed by atoms with Crippen LogP contribution in [0.15, 0.2) is 24.5 Å². The molecule has 2 heterocycles. The van der Waals surface area contributed by atoms with Crippen LogP contribution in [-0.2, 0) is 10.9 Å². The average Bonchev–Trinajstić information content (AvgIpc) is 2.69. The van der Waals surface area contributed by atoms with Crippen molar-refractivity contribution in [2.75, 3.05) is 7.11 Å². The van der Waals surface area contributed by atoms with Crippen LogP contribution in [0, 0.1) is 0 Å². The lowest BCUT2D eigenvalue weighted by Gasteiger charge is -2.08. The largest absolute Gasteiger partial charge is 0.464 e. The zero-order chi connectivity index (χ0) is 12.6. The second-order valence-corrected chi connectivity index (χ2v) is 3.25. The number of pyridine rings is 1. The standard InChI is InChI=1S/C10H7F3N2O2/c1-17-9(16)7-5-14-8-6(10(11,12)13)3-2-4-15(7)8/h2-5H,1H3. The number of ether oxygens (including phenoxy) is 1. The van der Waals surface area contributed by atoms with Gasteiger partial charge in [0.25, 0.3) is 0 Å². The highest BCUT2D eigenvalue weighted by atomic mass is 19.4. The molecular weight excluding hydrogens is 237 g/mol. The van der Waals surface area contributed by atoms with Crippen molar-refractivity contribution in [3.8, 4) is 0 Å². The number of rotatable bonds is 1. The fraction of sp³-hybridized carbons (Fsp3) is 0.200. The Morgan fingerprint density at radius 1 is 1.47 bits per heavy atom. The van der Waals surface area contributed by atoms with E-state index >= 15 is 0 Å². The number of halogens is 3. The molecular formula is C10H7F3N2O2. The number of carbonyl (C=O) groups excluding carboxylic acids is 1. The highest BCUT2D eigenvalue weighted by molar-refractivity contribution is 5.88. The molecule has 2 rings (SSSR count). The SMILES string of the molecule is COC(=O)c1cnc2c(C(F)(F)F)cccn12. The minimum atomic E-state index is -4.51. The zero-order valence-corrected chi connectivity index (χ0v) is 8.65. The molecule has 0 saturated carbocycles. The van der Waals surface area contributed by atoms with Gasteiger partial charge in [-0.25, -0.2) is 9.78 Å². The molecule has 0 amide bonds. The first-order valence-electron chi connectivity index (χ1n) is 4.56. The van der Waals surface area contributed by atoms with Crippen LogP contribution in [0.1, 0.15) is 16.1 Å². The third-order valence-corrected chi connectivity index (χ3v) is 2.24. The van der Waals surface area contributed by atoms with E-state index in [1.807, 2.05) is 0 Å². The number of hydrogen-bond acceptors (Lipinski definition) is 3. The molecule has 2 aromatic heterocycles. The maximum Gasteiger partial charge on any atom is 0.419 e. The molecule has 0 aromatic carbocycles. The highest BCUT2D eigenvalue weighted by Crippen LogP contribution is 2.32. The van der Waals surface area contributed by atoms with Crippen molar-refractivity contribution in [1.29, 1.82) is 0 Å². The summed E-state index contributed by atoms with van der Waals surface area (Å²) < 4.78 is 43.4. The Hall–Kier alpha value is -2.05.